The Bertz CT molecular complexity index is 532. The molecule has 0 amide bonds. The van der Waals surface area contributed by atoms with Crippen molar-refractivity contribution in [3.8, 4) is 6.07 Å². The summed E-state index contributed by atoms with van der Waals surface area (Å²) in [6.07, 6.45) is 15.8. The number of allylic oxidation sites excluding steroid dienone is 2. The van der Waals surface area contributed by atoms with Crippen LogP contribution in [0.5, 0.6) is 0 Å². The Balaban J connectivity index is 1.53. The molecule has 2 heteroatoms. The maximum absolute atomic E-state index is 8.90. The molecule has 2 nitrogen and oxygen atoms in total. The number of rotatable bonds is 10. The molecule has 0 saturated heterocycles. The Hall–Kier alpha value is -1.59. The van der Waals surface area contributed by atoms with Gasteiger partial charge in [0.2, 0.25) is 0 Å². The van der Waals surface area contributed by atoms with Crippen molar-refractivity contribution in [3.05, 3.63) is 47.5 Å². The summed E-state index contributed by atoms with van der Waals surface area (Å²) >= 11 is 0. The molecular weight excluding hydrogens is 306 g/mol. The molecule has 136 valence electrons. The van der Waals surface area contributed by atoms with Gasteiger partial charge in [0, 0.05) is 13.2 Å². The number of benzene rings is 1. The Morgan fingerprint density at radius 2 is 1.76 bits per heavy atom. The lowest BCUT2D eigenvalue weighted by molar-refractivity contribution is 0.121. The fourth-order valence-corrected chi connectivity index (χ4v) is 3.82. The predicted octanol–water partition coefficient (Wildman–Crippen LogP) is 6.38. The quantitative estimate of drug-likeness (QED) is 0.366. The van der Waals surface area contributed by atoms with Crippen LogP contribution in [0.15, 0.2) is 36.4 Å². The van der Waals surface area contributed by atoms with Crippen LogP contribution in [-0.2, 0) is 4.74 Å². The van der Waals surface area contributed by atoms with Crippen LogP contribution >= 0.6 is 0 Å². The molecular formula is C23H33NO. The first-order chi connectivity index (χ1) is 12.3. The zero-order valence-corrected chi connectivity index (χ0v) is 15.8. The minimum absolute atomic E-state index is 0.692. The second kappa shape index (κ2) is 11.9. The molecule has 0 spiro atoms. The van der Waals surface area contributed by atoms with Crippen LogP contribution in [0.1, 0.15) is 81.8 Å². The molecule has 0 radical (unpaired) electrons. The van der Waals surface area contributed by atoms with Gasteiger partial charge in [-0.15, -0.1) is 0 Å². The van der Waals surface area contributed by atoms with E-state index >= 15 is 0 Å². The molecule has 0 heterocycles. The van der Waals surface area contributed by atoms with E-state index in [1.165, 1.54) is 63.4 Å². The van der Waals surface area contributed by atoms with Gasteiger partial charge in [0.05, 0.1) is 11.6 Å². The van der Waals surface area contributed by atoms with Gasteiger partial charge in [-0.25, -0.2) is 0 Å². The van der Waals surface area contributed by atoms with Crippen molar-refractivity contribution in [2.24, 2.45) is 5.92 Å². The summed E-state index contributed by atoms with van der Waals surface area (Å²) in [4.78, 5) is 0. The van der Waals surface area contributed by atoms with E-state index in [0.29, 0.717) is 5.92 Å². The lowest BCUT2D eigenvalue weighted by Crippen LogP contribution is -2.14. The highest BCUT2D eigenvalue weighted by molar-refractivity contribution is 5.33. The number of nitrogens with zero attached hydrogens (tertiary/aromatic N) is 1. The molecule has 1 aliphatic rings. The molecule has 1 aromatic rings. The summed E-state index contributed by atoms with van der Waals surface area (Å²) < 4.78 is 5.77. The van der Waals surface area contributed by atoms with E-state index in [1.807, 2.05) is 12.1 Å². The lowest BCUT2D eigenvalue weighted by atomic mass is 9.77. The van der Waals surface area contributed by atoms with Crippen molar-refractivity contribution >= 4 is 0 Å². The zero-order chi connectivity index (χ0) is 17.7. The molecule has 1 aromatic carbocycles. The van der Waals surface area contributed by atoms with Crippen LogP contribution in [0, 0.1) is 17.2 Å². The molecule has 1 fully saturated rings. The summed E-state index contributed by atoms with van der Waals surface area (Å²) in [5.41, 5.74) is 2.18. The first-order valence-electron chi connectivity index (χ1n) is 10.0. The van der Waals surface area contributed by atoms with Crippen LogP contribution in [0.25, 0.3) is 0 Å². The molecule has 0 N–H and O–H groups in total. The molecule has 2 rings (SSSR count). The highest BCUT2D eigenvalue weighted by Crippen LogP contribution is 2.37. The Morgan fingerprint density at radius 1 is 1.04 bits per heavy atom. The van der Waals surface area contributed by atoms with Crippen molar-refractivity contribution in [3.63, 3.8) is 0 Å². The summed E-state index contributed by atoms with van der Waals surface area (Å²) in [5, 5.41) is 8.90. The van der Waals surface area contributed by atoms with Crippen molar-refractivity contribution < 1.29 is 4.74 Å². The number of hydrogen-bond donors (Lipinski definition) is 0. The van der Waals surface area contributed by atoms with Crippen LogP contribution in [0.3, 0.4) is 0 Å². The third-order valence-electron chi connectivity index (χ3n) is 5.40. The third-order valence-corrected chi connectivity index (χ3v) is 5.40. The minimum atomic E-state index is 0.692. The number of nitriles is 1. The third kappa shape index (κ3) is 7.45. The Kier molecular flexibility index (Phi) is 9.37. The smallest absolute Gasteiger partial charge is 0.0991 e. The van der Waals surface area contributed by atoms with E-state index in [-0.39, 0.29) is 0 Å². The van der Waals surface area contributed by atoms with Crippen LogP contribution in [-0.4, -0.2) is 13.2 Å². The molecule has 0 aliphatic heterocycles. The highest BCUT2D eigenvalue weighted by Gasteiger charge is 2.21. The predicted molar refractivity (Wildman–Crippen MR) is 105 cm³/mol. The van der Waals surface area contributed by atoms with Gasteiger partial charge < -0.3 is 4.74 Å². The van der Waals surface area contributed by atoms with Crippen molar-refractivity contribution in [2.45, 2.75) is 70.6 Å². The highest BCUT2D eigenvalue weighted by atomic mass is 16.5. The van der Waals surface area contributed by atoms with Gasteiger partial charge in [0.15, 0.2) is 0 Å². The van der Waals surface area contributed by atoms with E-state index in [9.17, 15) is 0 Å². The number of ether oxygens (including phenoxy) is 1. The van der Waals surface area contributed by atoms with Crippen molar-refractivity contribution in [1.29, 1.82) is 5.26 Å². The zero-order valence-electron chi connectivity index (χ0n) is 15.8. The Morgan fingerprint density at radius 3 is 2.44 bits per heavy atom. The standard InChI is InChI=1S/C23H33NO/c1-2-3-4-5-6-17-25-18-7-8-20-9-13-22(14-10-20)23-15-11-21(19-24)12-16-23/h2-3,11-12,15-16,20,22H,4-10,13-14,17-18H2,1H3/b3-2+. The lowest BCUT2D eigenvalue weighted by Gasteiger charge is -2.28. The first-order valence-corrected chi connectivity index (χ1v) is 10.0. The molecule has 0 bridgehead atoms. The van der Waals surface area contributed by atoms with Gasteiger partial charge in [-0.05, 0) is 94.2 Å². The van der Waals surface area contributed by atoms with Gasteiger partial charge in [-0.2, -0.15) is 5.26 Å². The SMILES string of the molecule is C/C=C/CCCCOCCCC1CCC(c2ccc(C#N)cc2)CC1. The topological polar surface area (TPSA) is 33.0 Å². The van der Waals surface area contributed by atoms with Gasteiger partial charge in [-0.1, -0.05) is 24.3 Å². The maximum atomic E-state index is 8.90. The van der Waals surface area contributed by atoms with Crippen molar-refractivity contribution in [2.75, 3.05) is 13.2 Å². The molecule has 0 aromatic heterocycles. The second-order valence-corrected chi connectivity index (χ2v) is 7.27. The Labute approximate surface area is 153 Å². The van der Waals surface area contributed by atoms with E-state index in [0.717, 1.165) is 24.7 Å². The largest absolute Gasteiger partial charge is 0.381 e. The average molecular weight is 340 g/mol. The minimum Gasteiger partial charge on any atom is -0.381 e. The average Bonchev–Trinajstić information content (AvgIpc) is 2.67. The van der Waals surface area contributed by atoms with Crippen LogP contribution in [0.2, 0.25) is 0 Å². The van der Waals surface area contributed by atoms with E-state index < -0.39 is 0 Å². The van der Waals surface area contributed by atoms with Gasteiger partial charge in [-0.3, -0.25) is 0 Å². The summed E-state index contributed by atoms with van der Waals surface area (Å²) in [5.74, 6) is 1.57. The molecule has 25 heavy (non-hydrogen) atoms. The number of unbranched alkanes of at least 4 members (excludes halogenated alkanes) is 2. The normalized spacial score (nSPS) is 20.6. The van der Waals surface area contributed by atoms with Crippen molar-refractivity contribution in [1.82, 2.24) is 0 Å². The fraction of sp³-hybridized carbons (Fsp3) is 0.609. The van der Waals surface area contributed by atoms with E-state index in [4.69, 9.17) is 10.00 Å². The van der Waals surface area contributed by atoms with Crippen LogP contribution < -0.4 is 0 Å². The van der Waals surface area contributed by atoms with Gasteiger partial charge >= 0.3 is 0 Å². The fourth-order valence-electron chi connectivity index (χ4n) is 3.82. The summed E-state index contributed by atoms with van der Waals surface area (Å²) in [6, 6.07) is 10.4. The van der Waals surface area contributed by atoms with E-state index in [2.05, 4.69) is 37.3 Å². The second-order valence-electron chi connectivity index (χ2n) is 7.27. The summed E-state index contributed by atoms with van der Waals surface area (Å²) in [6.45, 7) is 3.93. The molecule has 1 aliphatic carbocycles. The molecule has 1 saturated carbocycles. The maximum Gasteiger partial charge on any atom is 0.0991 e. The molecule has 0 atom stereocenters. The van der Waals surface area contributed by atoms with Gasteiger partial charge in [0.1, 0.15) is 0 Å². The van der Waals surface area contributed by atoms with E-state index in [1.54, 1.807) is 0 Å². The van der Waals surface area contributed by atoms with Crippen LogP contribution in [0.4, 0.5) is 0 Å². The van der Waals surface area contributed by atoms with Gasteiger partial charge in [0.25, 0.3) is 0 Å². The molecule has 0 unspecified atom stereocenters. The monoisotopic (exact) mass is 339 g/mol. The first kappa shape index (κ1) is 19.7. The summed E-state index contributed by atoms with van der Waals surface area (Å²) in [7, 11) is 0. The number of hydrogen-bond acceptors (Lipinski definition) is 2.